The summed E-state index contributed by atoms with van der Waals surface area (Å²) in [7, 11) is 1.94. The Hall–Kier alpha value is -0.380. The number of aryl methyl sites for hydroxylation is 1. The molecule has 0 radical (unpaired) electrons. The van der Waals surface area contributed by atoms with Crippen molar-refractivity contribution in [3.63, 3.8) is 0 Å². The van der Waals surface area contributed by atoms with E-state index < -0.39 is 0 Å². The first-order valence-corrected chi connectivity index (χ1v) is 9.70. The van der Waals surface area contributed by atoms with E-state index in [1.807, 2.05) is 23.9 Å². The molecule has 5 nitrogen and oxygen atoms in total. The summed E-state index contributed by atoms with van der Waals surface area (Å²) >= 11 is 5.82. The normalized spacial score (nSPS) is 18.5. The van der Waals surface area contributed by atoms with Crippen LogP contribution in [0, 0.1) is 3.70 Å². The zero-order valence-corrected chi connectivity index (χ0v) is 16.8. The zero-order valence-electron chi connectivity index (χ0n) is 13.1. The Morgan fingerprint density at radius 2 is 2.26 bits per heavy atom. The number of rotatable bonds is 6. The molecule has 7 heteroatoms. The van der Waals surface area contributed by atoms with Gasteiger partial charge in [0.05, 0.1) is 24.1 Å². The van der Waals surface area contributed by atoms with Gasteiger partial charge >= 0.3 is 0 Å². The van der Waals surface area contributed by atoms with Crippen LogP contribution in [0.4, 0.5) is 0 Å². The Balaban J connectivity index is 1.54. The SMILES string of the molecule is Cn1nc2cc(Br)cc(OCCCOC3CCCCO3)c2c1I. The van der Waals surface area contributed by atoms with Crippen LogP contribution in [0.1, 0.15) is 25.7 Å². The van der Waals surface area contributed by atoms with Crippen LogP contribution in [0.15, 0.2) is 16.6 Å². The Kier molecular flexibility index (Phi) is 6.17. The highest BCUT2D eigenvalue weighted by atomic mass is 127. The van der Waals surface area contributed by atoms with Crippen molar-refractivity contribution in [2.24, 2.45) is 7.05 Å². The molecule has 126 valence electrons. The van der Waals surface area contributed by atoms with E-state index in [2.05, 4.69) is 43.6 Å². The van der Waals surface area contributed by atoms with Gasteiger partial charge in [-0.15, -0.1) is 0 Å². The quantitative estimate of drug-likeness (QED) is 0.445. The smallest absolute Gasteiger partial charge is 0.157 e. The molecule has 23 heavy (non-hydrogen) atoms. The molecule has 0 saturated carbocycles. The van der Waals surface area contributed by atoms with E-state index >= 15 is 0 Å². The molecule has 0 N–H and O–H groups in total. The lowest BCUT2D eigenvalue weighted by Crippen LogP contribution is -2.23. The van der Waals surface area contributed by atoms with Gasteiger partial charge in [0.2, 0.25) is 0 Å². The van der Waals surface area contributed by atoms with E-state index in [0.717, 1.165) is 50.7 Å². The topological polar surface area (TPSA) is 45.5 Å². The maximum atomic E-state index is 5.97. The number of fused-ring (bicyclic) bond motifs is 1. The van der Waals surface area contributed by atoms with E-state index in [1.165, 1.54) is 6.42 Å². The molecule has 1 aromatic carbocycles. The first-order valence-electron chi connectivity index (χ1n) is 7.83. The molecule has 0 amide bonds. The van der Waals surface area contributed by atoms with Gasteiger partial charge in [0, 0.05) is 24.5 Å². The average molecular weight is 495 g/mol. The predicted octanol–water partition coefficient (Wildman–Crippen LogP) is 4.25. The van der Waals surface area contributed by atoms with E-state index in [4.69, 9.17) is 14.2 Å². The molecule has 1 atom stereocenters. The molecular weight excluding hydrogens is 475 g/mol. The third-order valence-electron chi connectivity index (χ3n) is 3.78. The predicted molar refractivity (Wildman–Crippen MR) is 101 cm³/mol. The first-order chi connectivity index (χ1) is 11.1. The second-order valence-corrected chi connectivity index (χ2v) is 7.52. The lowest BCUT2D eigenvalue weighted by atomic mass is 10.2. The third kappa shape index (κ3) is 4.37. The van der Waals surface area contributed by atoms with Gasteiger partial charge in [-0.1, -0.05) is 15.9 Å². The fourth-order valence-corrected chi connectivity index (χ4v) is 3.71. The van der Waals surface area contributed by atoms with Crippen LogP contribution in [0.2, 0.25) is 0 Å². The highest BCUT2D eigenvalue weighted by Crippen LogP contribution is 2.33. The molecule has 0 spiro atoms. The summed E-state index contributed by atoms with van der Waals surface area (Å²) in [4.78, 5) is 0. The van der Waals surface area contributed by atoms with Crippen LogP contribution < -0.4 is 4.74 Å². The second-order valence-electron chi connectivity index (χ2n) is 5.58. The number of ether oxygens (including phenoxy) is 3. The van der Waals surface area contributed by atoms with Crippen molar-refractivity contribution < 1.29 is 14.2 Å². The standard InChI is InChI=1S/C16H20BrIN2O3/c1-20-16(18)15-12(19-20)9-11(17)10-13(15)21-7-4-8-23-14-5-2-3-6-22-14/h9-10,14H,2-8H2,1H3. The van der Waals surface area contributed by atoms with Gasteiger partial charge in [-0.3, -0.25) is 4.68 Å². The van der Waals surface area contributed by atoms with Crippen molar-refractivity contribution in [3.05, 3.63) is 20.3 Å². The van der Waals surface area contributed by atoms with Gasteiger partial charge in [-0.05, 0) is 54.0 Å². The van der Waals surface area contributed by atoms with Crippen LogP contribution >= 0.6 is 38.5 Å². The molecule has 1 fully saturated rings. The van der Waals surface area contributed by atoms with Crippen LogP contribution in [-0.2, 0) is 16.5 Å². The Bertz CT molecular complexity index is 671. The minimum absolute atomic E-state index is 0.0272. The van der Waals surface area contributed by atoms with Crippen LogP contribution in [0.3, 0.4) is 0 Å². The van der Waals surface area contributed by atoms with Crippen molar-refractivity contribution in [2.75, 3.05) is 19.8 Å². The molecule has 2 heterocycles. The fraction of sp³-hybridized carbons (Fsp3) is 0.562. The first kappa shape index (κ1) is 17.4. The van der Waals surface area contributed by atoms with Gasteiger partial charge < -0.3 is 14.2 Å². The molecule has 1 aliphatic heterocycles. The lowest BCUT2D eigenvalue weighted by molar-refractivity contribution is -0.163. The Morgan fingerprint density at radius 1 is 1.39 bits per heavy atom. The minimum atomic E-state index is -0.0272. The minimum Gasteiger partial charge on any atom is -0.493 e. The van der Waals surface area contributed by atoms with Gasteiger partial charge in [-0.25, -0.2) is 0 Å². The summed E-state index contributed by atoms with van der Waals surface area (Å²) in [5, 5.41) is 5.56. The molecule has 1 saturated heterocycles. The maximum Gasteiger partial charge on any atom is 0.157 e. The van der Waals surface area contributed by atoms with Crippen LogP contribution in [0.5, 0.6) is 5.75 Å². The summed E-state index contributed by atoms with van der Waals surface area (Å²) in [6.45, 7) is 2.09. The van der Waals surface area contributed by atoms with E-state index in [1.54, 1.807) is 0 Å². The molecule has 0 bridgehead atoms. The summed E-state index contributed by atoms with van der Waals surface area (Å²) in [5.41, 5.74) is 0.938. The van der Waals surface area contributed by atoms with Gasteiger partial charge in [-0.2, -0.15) is 5.10 Å². The van der Waals surface area contributed by atoms with E-state index in [9.17, 15) is 0 Å². The largest absolute Gasteiger partial charge is 0.493 e. The van der Waals surface area contributed by atoms with Gasteiger partial charge in [0.15, 0.2) is 6.29 Å². The number of hydrogen-bond donors (Lipinski definition) is 0. The molecule has 1 aromatic heterocycles. The Morgan fingerprint density at radius 3 is 3.04 bits per heavy atom. The molecule has 2 aromatic rings. The van der Waals surface area contributed by atoms with Gasteiger partial charge in [0.1, 0.15) is 9.45 Å². The molecule has 1 unspecified atom stereocenters. The number of aromatic nitrogens is 2. The lowest BCUT2D eigenvalue weighted by Gasteiger charge is -2.22. The average Bonchev–Trinajstić information content (AvgIpc) is 2.82. The monoisotopic (exact) mass is 494 g/mol. The van der Waals surface area contributed by atoms with Crippen molar-refractivity contribution in [3.8, 4) is 5.75 Å². The zero-order chi connectivity index (χ0) is 16.2. The van der Waals surface area contributed by atoms with Gasteiger partial charge in [0.25, 0.3) is 0 Å². The van der Waals surface area contributed by atoms with Crippen molar-refractivity contribution in [1.82, 2.24) is 9.78 Å². The number of benzene rings is 1. The summed E-state index contributed by atoms with van der Waals surface area (Å²) < 4.78 is 21.2. The number of nitrogens with zero attached hydrogens (tertiary/aromatic N) is 2. The Labute approximate surface area is 157 Å². The number of hydrogen-bond acceptors (Lipinski definition) is 4. The summed E-state index contributed by atoms with van der Waals surface area (Å²) in [5.74, 6) is 0.862. The second kappa shape index (κ2) is 8.13. The molecule has 3 rings (SSSR count). The van der Waals surface area contributed by atoms with E-state index in [0.29, 0.717) is 13.2 Å². The summed E-state index contributed by atoms with van der Waals surface area (Å²) in [6.07, 6.45) is 4.15. The van der Waals surface area contributed by atoms with Crippen molar-refractivity contribution in [1.29, 1.82) is 0 Å². The number of halogens is 2. The van der Waals surface area contributed by atoms with Crippen molar-refractivity contribution in [2.45, 2.75) is 32.0 Å². The highest BCUT2D eigenvalue weighted by molar-refractivity contribution is 14.1. The fourth-order valence-electron chi connectivity index (χ4n) is 2.63. The van der Waals surface area contributed by atoms with Crippen LogP contribution in [-0.4, -0.2) is 35.9 Å². The molecular formula is C16H20BrIN2O3. The molecule has 1 aliphatic rings. The third-order valence-corrected chi connectivity index (χ3v) is 5.48. The van der Waals surface area contributed by atoms with E-state index in [-0.39, 0.29) is 6.29 Å². The summed E-state index contributed by atoms with van der Waals surface area (Å²) in [6, 6.07) is 4.01. The van der Waals surface area contributed by atoms with Crippen LogP contribution in [0.25, 0.3) is 10.9 Å². The highest BCUT2D eigenvalue weighted by Gasteiger charge is 2.15. The van der Waals surface area contributed by atoms with Crippen molar-refractivity contribution >= 4 is 49.4 Å². The maximum absolute atomic E-state index is 5.97. The molecule has 0 aliphatic carbocycles.